The van der Waals surface area contributed by atoms with Crippen molar-refractivity contribution in [1.29, 1.82) is 0 Å². The lowest BCUT2D eigenvalue weighted by Gasteiger charge is -2.23. The molecule has 1 aromatic carbocycles. The van der Waals surface area contributed by atoms with Gasteiger partial charge in [0.15, 0.2) is 11.5 Å². The molecule has 1 heterocycles. The summed E-state index contributed by atoms with van der Waals surface area (Å²) in [4.78, 5) is 19.0. The predicted octanol–water partition coefficient (Wildman–Crippen LogP) is 3.68. The van der Waals surface area contributed by atoms with Crippen LogP contribution in [0.4, 0.5) is 0 Å². The molecule has 1 amide bonds. The number of aromatic nitrogens is 1. The maximum absolute atomic E-state index is 13.0. The van der Waals surface area contributed by atoms with E-state index in [2.05, 4.69) is 4.98 Å². The van der Waals surface area contributed by atoms with Gasteiger partial charge in [-0.15, -0.1) is 0 Å². The molecule has 1 aliphatic carbocycles. The van der Waals surface area contributed by atoms with E-state index < -0.39 is 0 Å². The zero-order valence-corrected chi connectivity index (χ0v) is 14.9. The minimum atomic E-state index is 0.0220. The molecular formula is C20H24N2O3. The van der Waals surface area contributed by atoms with Gasteiger partial charge < -0.3 is 14.4 Å². The highest BCUT2D eigenvalue weighted by molar-refractivity contribution is 5.95. The summed E-state index contributed by atoms with van der Waals surface area (Å²) in [5, 5.41) is 0. The van der Waals surface area contributed by atoms with Gasteiger partial charge in [0.2, 0.25) is 0 Å². The van der Waals surface area contributed by atoms with Gasteiger partial charge in [0.25, 0.3) is 5.91 Å². The Kier molecular flexibility index (Phi) is 5.22. The lowest BCUT2D eigenvalue weighted by Crippen LogP contribution is -2.32. The van der Waals surface area contributed by atoms with Crippen molar-refractivity contribution in [3.05, 3.63) is 53.9 Å². The maximum atomic E-state index is 13.0. The van der Waals surface area contributed by atoms with Crippen LogP contribution in [0.25, 0.3) is 0 Å². The van der Waals surface area contributed by atoms with Crippen molar-refractivity contribution in [2.45, 2.75) is 45.4 Å². The van der Waals surface area contributed by atoms with Crippen LogP contribution < -0.4 is 9.47 Å². The van der Waals surface area contributed by atoms with E-state index >= 15 is 0 Å². The monoisotopic (exact) mass is 340 g/mol. The number of nitrogens with zero attached hydrogens (tertiary/aromatic N) is 2. The number of pyridine rings is 1. The first-order valence-electron chi connectivity index (χ1n) is 8.63. The largest absolute Gasteiger partial charge is 0.493 e. The van der Waals surface area contributed by atoms with Crippen LogP contribution in [0.3, 0.4) is 0 Å². The van der Waals surface area contributed by atoms with Gasteiger partial charge >= 0.3 is 0 Å². The van der Waals surface area contributed by atoms with Gasteiger partial charge in [-0.2, -0.15) is 0 Å². The van der Waals surface area contributed by atoms with E-state index in [4.69, 9.17) is 9.47 Å². The molecule has 0 spiro atoms. The number of carbonyl (C=O) groups is 1. The van der Waals surface area contributed by atoms with Gasteiger partial charge in [0, 0.05) is 30.5 Å². The topological polar surface area (TPSA) is 51.7 Å². The summed E-state index contributed by atoms with van der Waals surface area (Å²) in [6, 6.07) is 9.60. The Morgan fingerprint density at radius 3 is 2.52 bits per heavy atom. The first-order valence-corrected chi connectivity index (χ1v) is 8.63. The van der Waals surface area contributed by atoms with Crippen LogP contribution in [0.1, 0.15) is 42.6 Å². The second-order valence-corrected chi connectivity index (χ2v) is 6.55. The van der Waals surface area contributed by atoms with Crippen LogP contribution in [0.2, 0.25) is 0 Å². The van der Waals surface area contributed by atoms with Crippen molar-refractivity contribution in [1.82, 2.24) is 9.88 Å². The molecule has 25 heavy (non-hydrogen) atoms. The molecule has 0 bridgehead atoms. The van der Waals surface area contributed by atoms with Gasteiger partial charge in [-0.05, 0) is 62.6 Å². The Balaban J connectivity index is 1.82. The SMILES string of the molecule is COc1cc(C(=O)N(Cc2ccncc2)C2CC2)ccc1OC(C)C. The molecule has 0 atom stereocenters. The van der Waals surface area contributed by atoms with Gasteiger partial charge in [-0.25, -0.2) is 0 Å². The van der Waals surface area contributed by atoms with Crippen LogP contribution in [0.15, 0.2) is 42.7 Å². The zero-order valence-electron chi connectivity index (χ0n) is 14.9. The summed E-state index contributed by atoms with van der Waals surface area (Å²) >= 11 is 0. The molecular weight excluding hydrogens is 316 g/mol. The standard InChI is InChI=1S/C20H24N2O3/c1-14(2)25-18-7-4-16(12-19(18)24-3)20(23)22(17-5-6-17)13-15-8-10-21-11-9-15/h4,7-12,14,17H,5-6,13H2,1-3H3. The molecule has 3 rings (SSSR count). The third-order valence-corrected chi connectivity index (χ3v) is 4.12. The average Bonchev–Trinajstić information content (AvgIpc) is 3.45. The Morgan fingerprint density at radius 2 is 1.92 bits per heavy atom. The van der Waals surface area contributed by atoms with E-state index in [0.29, 0.717) is 29.6 Å². The van der Waals surface area contributed by atoms with E-state index in [0.717, 1.165) is 18.4 Å². The van der Waals surface area contributed by atoms with Crippen LogP contribution >= 0.6 is 0 Å². The van der Waals surface area contributed by atoms with E-state index in [1.165, 1.54) is 0 Å². The van der Waals surface area contributed by atoms with E-state index in [1.54, 1.807) is 25.6 Å². The molecule has 5 nitrogen and oxygen atoms in total. The molecule has 132 valence electrons. The fraction of sp³-hybridized carbons (Fsp3) is 0.400. The van der Waals surface area contributed by atoms with Crippen molar-refractivity contribution < 1.29 is 14.3 Å². The molecule has 1 aliphatic rings. The second kappa shape index (κ2) is 7.55. The summed E-state index contributed by atoms with van der Waals surface area (Å²) in [5.41, 5.74) is 1.70. The number of methoxy groups -OCH3 is 1. The summed E-state index contributed by atoms with van der Waals surface area (Å²) in [6.07, 6.45) is 5.67. The molecule has 0 saturated heterocycles. The molecule has 0 N–H and O–H groups in total. The average molecular weight is 340 g/mol. The van der Waals surface area contributed by atoms with Crippen molar-refractivity contribution in [2.24, 2.45) is 0 Å². The molecule has 0 unspecified atom stereocenters. The second-order valence-electron chi connectivity index (χ2n) is 6.55. The Bertz CT molecular complexity index is 727. The minimum absolute atomic E-state index is 0.0220. The highest BCUT2D eigenvalue weighted by Crippen LogP contribution is 2.33. The Morgan fingerprint density at radius 1 is 1.20 bits per heavy atom. The molecule has 0 aliphatic heterocycles. The number of ether oxygens (including phenoxy) is 2. The van der Waals surface area contributed by atoms with Gasteiger partial charge in [-0.1, -0.05) is 0 Å². The predicted molar refractivity (Wildman–Crippen MR) is 95.9 cm³/mol. The molecule has 5 heteroatoms. The smallest absolute Gasteiger partial charge is 0.254 e. The number of rotatable bonds is 7. The zero-order chi connectivity index (χ0) is 17.8. The number of amides is 1. The normalized spacial score (nSPS) is 13.6. The van der Waals surface area contributed by atoms with Crippen molar-refractivity contribution in [3.63, 3.8) is 0 Å². The third-order valence-electron chi connectivity index (χ3n) is 4.12. The lowest BCUT2D eigenvalue weighted by molar-refractivity contribution is 0.0729. The number of hydrogen-bond donors (Lipinski definition) is 0. The maximum Gasteiger partial charge on any atom is 0.254 e. The Labute approximate surface area is 148 Å². The van der Waals surface area contributed by atoms with Gasteiger partial charge in [0.05, 0.1) is 13.2 Å². The summed E-state index contributed by atoms with van der Waals surface area (Å²) in [6.45, 7) is 4.52. The molecule has 1 aromatic heterocycles. The summed E-state index contributed by atoms with van der Waals surface area (Å²) < 4.78 is 11.1. The number of carbonyl (C=O) groups excluding carboxylic acids is 1. The fourth-order valence-corrected chi connectivity index (χ4v) is 2.76. The van der Waals surface area contributed by atoms with Crippen LogP contribution in [-0.2, 0) is 6.54 Å². The summed E-state index contributed by atoms with van der Waals surface area (Å²) in [7, 11) is 1.59. The van der Waals surface area contributed by atoms with Gasteiger partial charge in [-0.3, -0.25) is 9.78 Å². The highest BCUT2D eigenvalue weighted by Gasteiger charge is 2.33. The van der Waals surface area contributed by atoms with Crippen molar-refractivity contribution >= 4 is 5.91 Å². The van der Waals surface area contributed by atoms with Gasteiger partial charge in [0.1, 0.15) is 0 Å². The van der Waals surface area contributed by atoms with E-state index in [-0.39, 0.29) is 12.0 Å². The molecule has 1 saturated carbocycles. The van der Waals surface area contributed by atoms with E-state index in [1.807, 2.05) is 43.0 Å². The summed E-state index contributed by atoms with van der Waals surface area (Å²) in [5.74, 6) is 1.26. The number of hydrogen-bond acceptors (Lipinski definition) is 4. The van der Waals surface area contributed by atoms with Crippen molar-refractivity contribution in [3.8, 4) is 11.5 Å². The lowest BCUT2D eigenvalue weighted by atomic mass is 10.1. The van der Waals surface area contributed by atoms with E-state index in [9.17, 15) is 4.79 Å². The van der Waals surface area contributed by atoms with Crippen LogP contribution in [-0.4, -0.2) is 35.0 Å². The van der Waals surface area contributed by atoms with Crippen molar-refractivity contribution in [2.75, 3.05) is 7.11 Å². The molecule has 2 aromatic rings. The van der Waals surface area contributed by atoms with Crippen LogP contribution in [0.5, 0.6) is 11.5 Å². The number of benzene rings is 1. The highest BCUT2D eigenvalue weighted by atomic mass is 16.5. The van der Waals surface area contributed by atoms with Crippen LogP contribution in [0, 0.1) is 0 Å². The third kappa shape index (κ3) is 4.29. The quantitative estimate of drug-likeness (QED) is 0.771. The first-order chi connectivity index (χ1) is 12.1. The minimum Gasteiger partial charge on any atom is -0.493 e. The molecule has 1 fully saturated rings. The Hall–Kier alpha value is -2.56. The molecule has 0 radical (unpaired) electrons. The first kappa shape index (κ1) is 17.3. The fourth-order valence-electron chi connectivity index (χ4n) is 2.76.